The zero-order chi connectivity index (χ0) is 13.2. The van der Waals surface area contributed by atoms with Crippen LogP contribution in [0.4, 0.5) is 5.82 Å². The lowest BCUT2D eigenvalue weighted by atomic mass is 10.2. The second kappa shape index (κ2) is 5.59. The fraction of sp³-hybridized carbons (Fsp3) is 0.286. The summed E-state index contributed by atoms with van der Waals surface area (Å²) in [4.78, 5) is 9.00. The quantitative estimate of drug-likeness (QED) is 0.791. The minimum atomic E-state index is 0.557. The predicted octanol–water partition coefficient (Wildman–Crippen LogP) is 4.49. The SMILES string of the molecule is Brc1cc(NCc2ccccc2Br)nc(C2CC2)n1. The van der Waals surface area contributed by atoms with Gasteiger partial charge in [0, 0.05) is 23.0 Å². The maximum Gasteiger partial charge on any atom is 0.135 e. The van der Waals surface area contributed by atoms with E-state index in [0.29, 0.717) is 5.92 Å². The smallest absolute Gasteiger partial charge is 0.135 e. The molecule has 98 valence electrons. The van der Waals surface area contributed by atoms with Crippen LogP contribution in [0.25, 0.3) is 0 Å². The van der Waals surface area contributed by atoms with Gasteiger partial charge in [0.25, 0.3) is 0 Å². The Morgan fingerprint density at radius 1 is 1.16 bits per heavy atom. The Kier molecular flexibility index (Phi) is 3.84. The highest BCUT2D eigenvalue weighted by Gasteiger charge is 2.27. The minimum absolute atomic E-state index is 0.557. The Labute approximate surface area is 129 Å². The number of benzene rings is 1. The van der Waals surface area contributed by atoms with E-state index in [1.807, 2.05) is 24.3 Å². The van der Waals surface area contributed by atoms with Crippen molar-refractivity contribution < 1.29 is 0 Å². The van der Waals surface area contributed by atoms with Gasteiger partial charge in [0.15, 0.2) is 0 Å². The molecule has 1 aliphatic rings. The highest BCUT2D eigenvalue weighted by molar-refractivity contribution is 9.10. The molecule has 0 bridgehead atoms. The van der Waals surface area contributed by atoms with E-state index < -0.39 is 0 Å². The van der Waals surface area contributed by atoms with Crippen LogP contribution in [-0.2, 0) is 6.54 Å². The molecule has 1 saturated carbocycles. The number of hydrogen-bond acceptors (Lipinski definition) is 3. The van der Waals surface area contributed by atoms with Crippen molar-refractivity contribution in [3.8, 4) is 0 Å². The highest BCUT2D eigenvalue weighted by Crippen LogP contribution is 2.38. The van der Waals surface area contributed by atoms with Crippen LogP contribution >= 0.6 is 31.9 Å². The fourth-order valence-corrected chi connectivity index (χ4v) is 2.70. The first-order valence-electron chi connectivity index (χ1n) is 6.24. The first kappa shape index (κ1) is 13.1. The van der Waals surface area contributed by atoms with Gasteiger partial charge in [0.2, 0.25) is 0 Å². The molecule has 1 aromatic carbocycles. The Hall–Kier alpha value is -0.940. The first-order chi connectivity index (χ1) is 9.22. The number of nitrogens with one attached hydrogen (secondary N) is 1. The molecule has 2 aromatic rings. The van der Waals surface area contributed by atoms with Crippen LogP contribution in [0, 0.1) is 0 Å². The van der Waals surface area contributed by atoms with Gasteiger partial charge >= 0.3 is 0 Å². The lowest BCUT2D eigenvalue weighted by Crippen LogP contribution is -2.04. The summed E-state index contributed by atoms with van der Waals surface area (Å²) in [6.07, 6.45) is 2.42. The van der Waals surface area contributed by atoms with Crippen molar-refractivity contribution in [2.75, 3.05) is 5.32 Å². The molecule has 3 nitrogen and oxygen atoms in total. The number of aromatic nitrogens is 2. The van der Waals surface area contributed by atoms with E-state index in [9.17, 15) is 0 Å². The maximum atomic E-state index is 4.57. The summed E-state index contributed by atoms with van der Waals surface area (Å²) in [7, 11) is 0. The molecule has 0 atom stereocenters. The minimum Gasteiger partial charge on any atom is -0.366 e. The van der Waals surface area contributed by atoms with Gasteiger partial charge in [-0.2, -0.15) is 0 Å². The second-order valence-corrected chi connectivity index (χ2v) is 6.32. The van der Waals surface area contributed by atoms with E-state index >= 15 is 0 Å². The average molecular weight is 383 g/mol. The van der Waals surface area contributed by atoms with Crippen molar-refractivity contribution in [3.05, 3.63) is 50.8 Å². The second-order valence-electron chi connectivity index (χ2n) is 4.65. The average Bonchev–Trinajstić information content (AvgIpc) is 3.21. The van der Waals surface area contributed by atoms with Crippen molar-refractivity contribution >= 4 is 37.7 Å². The summed E-state index contributed by atoms with van der Waals surface area (Å²) in [6.45, 7) is 0.745. The molecule has 5 heteroatoms. The molecule has 1 heterocycles. The van der Waals surface area contributed by atoms with Gasteiger partial charge in [-0.1, -0.05) is 34.1 Å². The molecule has 0 spiro atoms. The lowest BCUT2D eigenvalue weighted by molar-refractivity contribution is 0.910. The van der Waals surface area contributed by atoms with Crippen LogP contribution in [0.1, 0.15) is 30.1 Å². The van der Waals surface area contributed by atoms with Crippen LogP contribution in [0.5, 0.6) is 0 Å². The lowest BCUT2D eigenvalue weighted by Gasteiger charge is -2.09. The third-order valence-electron chi connectivity index (χ3n) is 3.07. The fourth-order valence-electron chi connectivity index (χ4n) is 1.88. The van der Waals surface area contributed by atoms with Crippen molar-refractivity contribution in [1.29, 1.82) is 0 Å². The van der Waals surface area contributed by atoms with Crippen LogP contribution in [0.2, 0.25) is 0 Å². The van der Waals surface area contributed by atoms with Crippen LogP contribution in [0.3, 0.4) is 0 Å². The molecule has 1 N–H and O–H groups in total. The Morgan fingerprint density at radius 3 is 2.68 bits per heavy atom. The first-order valence-corrected chi connectivity index (χ1v) is 7.83. The number of anilines is 1. The van der Waals surface area contributed by atoms with E-state index in [1.54, 1.807) is 0 Å². The van der Waals surface area contributed by atoms with Gasteiger partial charge in [-0.3, -0.25) is 0 Å². The van der Waals surface area contributed by atoms with E-state index in [2.05, 4.69) is 53.2 Å². The standard InChI is InChI=1S/C14H13Br2N3/c15-11-4-2-1-3-10(11)8-17-13-7-12(16)18-14(19-13)9-5-6-9/h1-4,7,9H,5-6,8H2,(H,17,18,19). The molecular weight excluding hydrogens is 370 g/mol. The molecule has 1 aromatic heterocycles. The summed E-state index contributed by atoms with van der Waals surface area (Å²) >= 11 is 7.00. The molecular formula is C14H13Br2N3. The molecule has 1 aliphatic carbocycles. The van der Waals surface area contributed by atoms with E-state index in [0.717, 1.165) is 27.3 Å². The number of hydrogen-bond donors (Lipinski definition) is 1. The molecule has 0 saturated heterocycles. The zero-order valence-corrected chi connectivity index (χ0v) is 13.4. The molecule has 19 heavy (non-hydrogen) atoms. The normalized spacial score (nSPS) is 14.4. The third-order valence-corrected chi connectivity index (χ3v) is 4.25. The van der Waals surface area contributed by atoms with E-state index in [-0.39, 0.29) is 0 Å². The monoisotopic (exact) mass is 381 g/mol. The summed E-state index contributed by atoms with van der Waals surface area (Å²) in [5, 5.41) is 3.35. The Morgan fingerprint density at radius 2 is 1.95 bits per heavy atom. The number of rotatable bonds is 4. The predicted molar refractivity (Wildman–Crippen MR) is 83.2 cm³/mol. The molecule has 3 rings (SSSR count). The molecule has 1 fully saturated rings. The molecule has 0 unspecified atom stereocenters. The maximum absolute atomic E-state index is 4.57. The molecule has 0 radical (unpaired) electrons. The van der Waals surface area contributed by atoms with Crippen LogP contribution < -0.4 is 5.32 Å². The van der Waals surface area contributed by atoms with Crippen molar-refractivity contribution in [2.24, 2.45) is 0 Å². The number of nitrogens with zero attached hydrogens (tertiary/aromatic N) is 2. The molecule has 0 amide bonds. The van der Waals surface area contributed by atoms with Gasteiger partial charge in [-0.05, 0) is 40.4 Å². The van der Waals surface area contributed by atoms with Crippen LogP contribution in [-0.4, -0.2) is 9.97 Å². The summed E-state index contributed by atoms with van der Waals surface area (Å²) in [5.41, 5.74) is 1.21. The largest absolute Gasteiger partial charge is 0.366 e. The van der Waals surface area contributed by atoms with Crippen LogP contribution in [0.15, 0.2) is 39.4 Å². The van der Waals surface area contributed by atoms with E-state index in [1.165, 1.54) is 18.4 Å². The topological polar surface area (TPSA) is 37.8 Å². The van der Waals surface area contributed by atoms with Gasteiger partial charge in [0.05, 0.1) is 0 Å². The summed E-state index contributed by atoms with van der Waals surface area (Å²) in [6, 6.07) is 10.1. The Bertz CT molecular complexity index is 597. The van der Waals surface area contributed by atoms with Gasteiger partial charge in [-0.25, -0.2) is 9.97 Å². The summed E-state index contributed by atoms with van der Waals surface area (Å²) < 4.78 is 1.96. The third kappa shape index (κ3) is 3.34. The number of halogens is 2. The van der Waals surface area contributed by atoms with E-state index in [4.69, 9.17) is 0 Å². The van der Waals surface area contributed by atoms with Gasteiger partial charge in [-0.15, -0.1) is 0 Å². The van der Waals surface area contributed by atoms with Crippen molar-refractivity contribution in [2.45, 2.75) is 25.3 Å². The van der Waals surface area contributed by atoms with Gasteiger partial charge in [0.1, 0.15) is 16.2 Å². The van der Waals surface area contributed by atoms with Gasteiger partial charge < -0.3 is 5.32 Å². The zero-order valence-electron chi connectivity index (χ0n) is 10.2. The highest BCUT2D eigenvalue weighted by atomic mass is 79.9. The summed E-state index contributed by atoms with van der Waals surface area (Å²) in [5.74, 6) is 2.38. The van der Waals surface area contributed by atoms with Crippen molar-refractivity contribution in [3.63, 3.8) is 0 Å². The molecule has 0 aliphatic heterocycles. The van der Waals surface area contributed by atoms with Crippen molar-refractivity contribution in [1.82, 2.24) is 9.97 Å². The Balaban J connectivity index is 1.74.